The van der Waals surface area contributed by atoms with Gasteiger partial charge in [0, 0.05) is 0 Å². The predicted octanol–water partition coefficient (Wildman–Crippen LogP) is -2.56. The van der Waals surface area contributed by atoms with Gasteiger partial charge < -0.3 is 0 Å². The predicted molar refractivity (Wildman–Crippen MR) is 50.0 cm³/mol. The zero-order chi connectivity index (χ0) is 10.6. The molecule has 0 aliphatic rings. The Hall–Kier alpha value is -0.432. The van der Waals surface area contributed by atoms with E-state index < -0.39 is 21.0 Å². The van der Waals surface area contributed by atoms with Crippen molar-refractivity contribution < 1.29 is 16.0 Å². The first-order valence-corrected chi connectivity index (χ1v) is 7.68. The fraction of sp³-hybridized carbons (Fsp3) is 0.500. The molecule has 1 atom stereocenters. The van der Waals surface area contributed by atoms with Crippen LogP contribution in [0.3, 0.4) is 0 Å². The number of H-pyrrole nitrogens is 1. The minimum atomic E-state index is -4.88. The maximum atomic E-state index is 8.59. The van der Waals surface area contributed by atoms with Crippen LogP contribution in [0.2, 0.25) is 0 Å². The molecule has 1 aromatic rings. The molecule has 1 unspecified atom stereocenters. The fourth-order valence-corrected chi connectivity index (χ4v) is 1.87. The molecule has 82 valence electrons. The first-order chi connectivity index (χ1) is 6.47. The van der Waals surface area contributed by atoms with E-state index in [1.54, 1.807) is 6.20 Å². The van der Waals surface area contributed by atoms with Gasteiger partial charge in [0.25, 0.3) is 0 Å². The van der Waals surface area contributed by atoms with Gasteiger partial charge in [-0.25, -0.2) is 0 Å². The second-order valence-electron chi connectivity index (χ2n) is 2.93. The summed E-state index contributed by atoms with van der Waals surface area (Å²) in [4.78, 5) is 6.64. The molecule has 14 heavy (non-hydrogen) atoms. The van der Waals surface area contributed by atoms with Crippen LogP contribution in [0.4, 0.5) is 0 Å². The van der Waals surface area contributed by atoms with E-state index in [0.717, 1.165) is 5.69 Å². The third kappa shape index (κ3) is 4.71. The Morgan fingerprint density at radius 3 is 2.79 bits per heavy atom. The van der Waals surface area contributed by atoms with Crippen molar-refractivity contribution in [3.63, 3.8) is 0 Å². The molecule has 0 saturated carbocycles. The van der Waals surface area contributed by atoms with E-state index in [4.69, 9.17) is 18.0 Å². The topological polar surface area (TPSA) is 125 Å². The van der Waals surface area contributed by atoms with Gasteiger partial charge in [0.1, 0.15) is 0 Å². The van der Waals surface area contributed by atoms with Crippen LogP contribution in [0.5, 0.6) is 0 Å². The normalized spacial score (nSPS) is 15.4. The van der Waals surface area contributed by atoms with Crippen LogP contribution in [-0.2, 0) is 10.1 Å². The molecule has 0 aliphatic heterocycles. The van der Waals surface area contributed by atoms with Crippen molar-refractivity contribution in [3.05, 3.63) is 18.2 Å². The second-order valence-corrected chi connectivity index (χ2v) is 5.94. The van der Waals surface area contributed by atoms with Crippen LogP contribution in [0.25, 0.3) is 0 Å². The van der Waals surface area contributed by atoms with Crippen molar-refractivity contribution in [2.75, 3.05) is 6.61 Å². The summed E-state index contributed by atoms with van der Waals surface area (Å²) in [6, 6.07) is -0.410. The number of rotatable bonds is 5. The number of nitrogens with two attached hydrogens (primary N) is 1. The summed E-state index contributed by atoms with van der Waals surface area (Å²) < 4.78 is 30.2. The average molecular weight is 267 g/mol. The SMILES string of the molecule is NC(CO[AsH](O)(O)O)Cc1cnc[nH]1. The molecular weight excluding hydrogens is 253 g/mol. The summed E-state index contributed by atoms with van der Waals surface area (Å²) in [5.41, 5.74) is 6.42. The Bertz CT molecular complexity index is 261. The van der Waals surface area contributed by atoms with Crippen molar-refractivity contribution in [2.24, 2.45) is 5.73 Å². The van der Waals surface area contributed by atoms with Crippen molar-refractivity contribution in [1.29, 1.82) is 0 Å². The van der Waals surface area contributed by atoms with Crippen LogP contribution in [0, 0.1) is 0 Å². The second kappa shape index (κ2) is 4.88. The molecule has 0 amide bonds. The average Bonchev–Trinajstić information content (AvgIpc) is 2.52. The Kier molecular flexibility index (Phi) is 4.06. The Labute approximate surface area is 84.4 Å². The Morgan fingerprint density at radius 1 is 1.57 bits per heavy atom. The molecule has 7 nitrogen and oxygen atoms in total. The van der Waals surface area contributed by atoms with E-state index in [9.17, 15) is 0 Å². The molecule has 0 aromatic carbocycles. The first kappa shape index (κ1) is 11.6. The molecule has 8 heteroatoms. The molecule has 0 bridgehead atoms. The van der Waals surface area contributed by atoms with Gasteiger partial charge in [-0.3, -0.25) is 0 Å². The Morgan fingerprint density at radius 2 is 2.29 bits per heavy atom. The van der Waals surface area contributed by atoms with Gasteiger partial charge >= 0.3 is 83.9 Å². The summed E-state index contributed by atoms with van der Waals surface area (Å²) in [6.07, 6.45) is 3.61. The molecule has 0 radical (unpaired) electrons. The van der Waals surface area contributed by atoms with Gasteiger partial charge in [-0.2, -0.15) is 0 Å². The van der Waals surface area contributed by atoms with Crippen molar-refractivity contribution in [3.8, 4) is 0 Å². The maximum absolute atomic E-state index is 8.59. The number of aromatic amines is 1. The third-order valence-electron chi connectivity index (χ3n) is 1.53. The van der Waals surface area contributed by atoms with Gasteiger partial charge in [0.15, 0.2) is 0 Å². The van der Waals surface area contributed by atoms with Crippen molar-refractivity contribution in [2.45, 2.75) is 12.5 Å². The molecule has 0 saturated heterocycles. The van der Waals surface area contributed by atoms with E-state index in [0.29, 0.717) is 6.42 Å². The summed E-state index contributed by atoms with van der Waals surface area (Å²) in [5.74, 6) is 0. The van der Waals surface area contributed by atoms with Gasteiger partial charge in [-0.1, -0.05) is 0 Å². The van der Waals surface area contributed by atoms with Gasteiger partial charge in [0.2, 0.25) is 0 Å². The molecule has 6 N–H and O–H groups in total. The number of aromatic nitrogens is 2. The van der Waals surface area contributed by atoms with Crippen LogP contribution < -0.4 is 5.73 Å². The molecule has 0 fully saturated rings. The number of nitrogens with one attached hydrogen (secondary N) is 1. The van der Waals surface area contributed by atoms with Gasteiger partial charge in [-0.15, -0.1) is 0 Å². The van der Waals surface area contributed by atoms with E-state index in [-0.39, 0.29) is 6.61 Å². The van der Waals surface area contributed by atoms with Crippen LogP contribution >= 0.6 is 0 Å². The van der Waals surface area contributed by atoms with Gasteiger partial charge in [-0.05, 0) is 0 Å². The van der Waals surface area contributed by atoms with E-state index >= 15 is 0 Å². The molecule has 0 spiro atoms. The summed E-state index contributed by atoms with van der Waals surface area (Å²) in [5, 5.41) is 0. The zero-order valence-electron chi connectivity index (χ0n) is 7.42. The van der Waals surface area contributed by atoms with Crippen LogP contribution in [-0.4, -0.2) is 49.8 Å². The monoisotopic (exact) mass is 267 g/mol. The number of nitrogens with zero attached hydrogens (tertiary/aromatic N) is 1. The van der Waals surface area contributed by atoms with E-state index in [2.05, 4.69) is 13.7 Å². The fourth-order valence-electron chi connectivity index (χ4n) is 0.957. The molecule has 1 aromatic heterocycles. The molecule has 1 rings (SSSR count). The molecular formula is C6H14AsN3O4. The number of hydrogen-bond donors (Lipinski definition) is 5. The summed E-state index contributed by atoms with van der Waals surface area (Å²) >= 11 is -4.88. The van der Waals surface area contributed by atoms with Gasteiger partial charge in [0.05, 0.1) is 0 Å². The number of imidazole rings is 1. The van der Waals surface area contributed by atoms with Crippen LogP contribution in [0.15, 0.2) is 12.5 Å². The molecule has 1 heterocycles. The Balaban J connectivity index is 2.26. The summed E-state index contributed by atoms with van der Waals surface area (Å²) in [7, 11) is 0. The summed E-state index contributed by atoms with van der Waals surface area (Å²) in [6.45, 7) is -0.0947. The third-order valence-corrected chi connectivity index (χ3v) is 2.69. The van der Waals surface area contributed by atoms with Crippen LogP contribution in [0.1, 0.15) is 5.69 Å². The zero-order valence-corrected chi connectivity index (χ0v) is 9.52. The van der Waals surface area contributed by atoms with Crippen molar-refractivity contribution >= 4 is 14.9 Å². The first-order valence-electron chi connectivity index (χ1n) is 4.01. The standard InChI is InChI=1S/C6H14AsN3O4/c8-5(3-14-7(11,12)13)1-6-2-9-4-10-6/h2,4-5,7,11-13H,1,3,8H2,(H,9,10). The molecule has 0 aliphatic carbocycles. The van der Waals surface area contributed by atoms with Crippen molar-refractivity contribution in [1.82, 2.24) is 9.97 Å². The minimum absolute atomic E-state index is 0.0947. The quantitative estimate of drug-likeness (QED) is 0.374. The van der Waals surface area contributed by atoms with E-state index in [1.165, 1.54) is 6.33 Å². The van der Waals surface area contributed by atoms with E-state index in [1.807, 2.05) is 0 Å². The number of hydrogen-bond acceptors (Lipinski definition) is 6.